The molecule has 0 aromatic carbocycles. The highest BCUT2D eigenvalue weighted by atomic mass is 16.2. The topological polar surface area (TPSA) is 64.2 Å². The highest BCUT2D eigenvalue weighted by Crippen LogP contribution is 2.31. The van der Waals surface area contributed by atoms with Gasteiger partial charge in [-0.25, -0.2) is 0 Å². The molecule has 0 aromatic heterocycles. The van der Waals surface area contributed by atoms with Crippen molar-refractivity contribution in [2.24, 2.45) is 5.92 Å². The van der Waals surface area contributed by atoms with Gasteiger partial charge >= 0.3 is 0 Å². The maximum atomic E-state index is 12.3. The second kappa shape index (κ2) is 6.24. The fourth-order valence-corrected chi connectivity index (χ4v) is 3.10. The third-order valence-electron chi connectivity index (χ3n) is 4.69. The molecule has 22 heavy (non-hydrogen) atoms. The summed E-state index contributed by atoms with van der Waals surface area (Å²) in [7, 11) is 0. The first-order chi connectivity index (χ1) is 10.6. The molecule has 2 heterocycles. The zero-order valence-corrected chi connectivity index (χ0v) is 13.2. The standard InChI is InChI=1S/C15H24N4O3/c1-2-17-11-16(9-13(17)20)10-14(21)18-5-7-19(8-6-18)15(22)12-3-4-12/h12H,2-11H2,1H3. The van der Waals surface area contributed by atoms with Crippen molar-refractivity contribution in [2.75, 3.05) is 52.5 Å². The number of amides is 3. The fourth-order valence-electron chi connectivity index (χ4n) is 3.10. The van der Waals surface area contributed by atoms with E-state index in [2.05, 4.69) is 0 Å². The van der Waals surface area contributed by atoms with Gasteiger partial charge < -0.3 is 14.7 Å². The van der Waals surface area contributed by atoms with Crippen LogP contribution in [0.25, 0.3) is 0 Å². The first-order valence-corrected chi connectivity index (χ1v) is 8.15. The first-order valence-electron chi connectivity index (χ1n) is 8.15. The molecule has 7 nitrogen and oxygen atoms in total. The molecule has 0 bridgehead atoms. The van der Waals surface area contributed by atoms with Crippen LogP contribution in [-0.4, -0.2) is 89.8 Å². The van der Waals surface area contributed by atoms with Crippen LogP contribution in [0.2, 0.25) is 0 Å². The smallest absolute Gasteiger partial charge is 0.237 e. The molecule has 7 heteroatoms. The summed E-state index contributed by atoms with van der Waals surface area (Å²) in [6, 6.07) is 0. The molecule has 3 amide bonds. The van der Waals surface area contributed by atoms with E-state index in [1.165, 1.54) is 0 Å². The van der Waals surface area contributed by atoms with Gasteiger partial charge in [0.05, 0.1) is 19.8 Å². The molecule has 122 valence electrons. The third-order valence-corrected chi connectivity index (χ3v) is 4.69. The maximum absolute atomic E-state index is 12.3. The van der Waals surface area contributed by atoms with Gasteiger partial charge in [0.15, 0.2) is 0 Å². The minimum atomic E-state index is 0.0595. The van der Waals surface area contributed by atoms with E-state index in [1.54, 1.807) is 4.90 Å². The molecule has 0 aromatic rings. The minimum Gasteiger partial charge on any atom is -0.339 e. The Morgan fingerprint density at radius 2 is 1.73 bits per heavy atom. The molecule has 3 fully saturated rings. The van der Waals surface area contributed by atoms with Gasteiger partial charge in [0, 0.05) is 38.6 Å². The molecule has 2 saturated heterocycles. The molecule has 1 aliphatic carbocycles. The van der Waals surface area contributed by atoms with Gasteiger partial charge in [-0.3, -0.25) is 19.3 Å². The van der Waals surface area contributed by atoms with E-state index in [-0.39, 0.29) is 23.6 Å². The van der Waals surface area contributed by atoms with Crippen LogP contribution in [-0.2, 0) is 14.4 Å². The summed E-state index contributed by atoms with van der Waals surface area (Å²) in [5.41, 5.74) is 0. The van der Waals surface area contributed by atoms with Gasteiger partial charge in [-0.2, -0.15) is 0 Å². The van der Waals surface area contributed by atoms with Crippen LogP contribution >= 0.6 is 0 Å². The lowest BCUT2D eigenvalue weighted by Gasteiger charge is -2.35. The largest absolute Gasteiger partial charge is 0.339 e. The van der Waals surface area contributed by atoms with Crippen molar-refractivity contribution in [1.82, 2.24) is 19.6 Å². The lowest BCUT2D eigenvalue weighted by atomic mass is 10.2. The Balaban J connectivity index is 1.44. The summed E-state index contributed by atoms with van der Waals surface area (Å²) in [5, 5.41) is 0. The van der Waals surface area contributed by atoms with E-state index in [9.17, 15) is 14.4 Å². The Hall–Kier alpha value is -1.63. The molecule has 3 rings (SSSR count). The van der Waals surface area contributed by atoms with E-state index in [0.717, 1.165) is 12.8 Å². The molecular weight excluding hydrogens is 284 g/mol. The number of piperazine rings is 1. The molecule has 0 atom stereocenters. The number of hydrogen-bond donors (Lipinski definition) is 0. The van der Waals surface area contributed by atoms with Gasteiger partial charge in [0.25, 0.3) is 0 Å². The van der Waals surface area contributed by atoms with E-state index >= 15 is 0 Å². The number of nitrogens with zero attached hydrogens (tertiary/aromatic N) is 4. The third kappa shape index (κ3) is 3.24. The highest BCUT2D eigenvalue weighted by molar-refractivity contribution is 5.84. The van der Waals surface area contributed by atoms with Crippen molar-refractivity contribution in [2.45, 2.75) is 19.8 Å². The summed E-state index contributed by atoms with van der Waals surface area (Å²) in [6.07, 6.45) is 2.05. The Morgan fingerprint density at radius 1 is 1.09 bits per heavy atom. The predicted molar refractivity (Wildman–Crippen MR) is 79.7 cm³/mol. The van der Waals surface area contributed by atoms with E-state index in [1.807, 2.05) is 21.6 Å². The van der Waals surface area contributed by atoms with Gasteiger partial charge in [-0.05, 0) is 19.8 Å². The number of carbonyl (C=O) groups is 3. The summed E-state index contributed by atoms with van der Waals surface area (Å²) < 4.78 is 0. The van der Waals surface area contributed by atoms with Crippen LogP contribution in [0.3, 0.4) is 0 Å². The van der Waals surface area contributed by atoms with Crippen LogP contribution in [0.4, 0.5) is 0 Å². The van der Waals surface area contributed by atoms with Gasteiger partial charge in [-0.15, -0.1) is 0 Å². The van der Waals surface area contributed by atoms with Crippen molar-refractivity contribution in [3.8, 4) is 0 Å². The number of likely N-dealkylation sites (N-methyl/N-ethyl adjacent to an activating group) is 1. The number of hydrogen-bond acceptors (Lipinski definition) is 4. The van der Waals surface area contributed by atoms with E-state index in [0.29, 0.717) is 52.5 Å². The van der Waals surface area contributed by atoms with Crippen LogP contribution in [0.5, 0.6) is 0 Å². The molecule has 3 aliphatic rings. The monoisotopic (exact) mass is 308 g/mol. The Kier molecular flexibility index (Phi) is 4.33. The maximum Gasteiger partial charge on any atom is 0.237 e. The lowest BCUT2D eigenvalue weighted by Crippen LogP contribution is -2.52. The fraction of sp³-hybridized carbons (Fsp3) is 0.800. The zero-order valence-electron chi connectivity index (χ0n) is 13.2. The van der Waals surface area contributed by atoms with Gasteiger partial charge in [0.2, 0.25) is 17.7 Å². The lowest BCUT2D eigenvalue weighted by molar-refractivity contribution is -0.140. The average molecular weight is 308 g/mol. The summed E-state index contributed by atoms with van der Waals surface area (Å²) in [4.78, 5) is 43.3. The van der Waals surface area contributed by atoms with Crippen molar-refractivity contribution < 1.29 is 14.4 Å². The van der Waals surface area contributed by atoms with Crippen molar-refractivity contribution >= 4 is 17.7 Å². The van der Waals surface area contributed by atoms with Crippen LogP contribution in [0.15, 0.2) is 0 Å². The molecule has 0 N–H and O–H groups in total. The second-order valence-corrected chi connectivity index (χ2v) is 6.36. The van der Waals surface area contributed by atoms with E-state index < -0.39 is 0 Å². The SMILES string of the molecule is CCN1CN(CC(=O)N2CCN(C(=O)C3CC3)CC2)CC1=O. The van der Waals surface area contributed by atoms with Gasteiger partial charge in [0.1, 0.15) is 0 Å². The molecule has 0 unspecified atom stereocenters. The summed E-state index contributed by atoms with van der Waals surface area (Å²) in [6.45, 7) is 6.29. The normalized spacial score (nSPS) is 23.3. The van der Waals surface area contributed by atoms with Crippen LogP contribution < -0.4 is 0 Å². The predicted octanol–water partition coefficient (Wildman–Crippen LogP) is -0.811. The van der Waals surface area contributed by atoms with Gasteiger partial charge in [-0.1, -0.05) is 0 Å². The Morgan fingerprint density at radius 3 is 2.27 bits per heavy atom. The summed E-state index contributed by atoms with van der Waals surface area (Å²) >= 11 is 0. The second-order valence-electron chi connectivity index (χ2n) is 6.36. The molecule has 0 radical (unpaired) electrons. The van der Waals surface area contributed by atoms with Crippen LogP contribution in [0, 0.1) is 5.92 Å². The van der Waals surface area contributed by atoms with Crippen molar-refractivity contribution in [3.05, 3.63) is 0 Å². The average Bonchev–Trinajstić information content (AvgIpc) is 3.31. The number of carbonyl (C=O) groups excluding carboxylic acids is 3. The highest BCUT2D eigenvalue weighted by Gasteiger charge is 2.35. The molecule has 1 saturated carbocycles. The molecular formula is C15H24N4O3. The first kappa shape index (κ1) is 15.3. The number of rotatable bonds is 4. The Labute approximate surface area is 130 Å². The van der Waals surface area contributed by atoms with Crippen LogP contribution in [0.1, 0.15) is 19.8 Å². The zero-order chi connectivity index (χ0) is 15.7. The molecule has 2 aliphatic heterocycles. The Bertz CT molecular complexity index is 469. The van der Waals surface area contributed by atoms with Crippen molar-refractivity contribution in [3.63, 3.8) is 0 Å². The quantitative estimate of drug-likeness (QED) is 0.681. The van der Waals surface area contributed by atoms with Crippen molar-refractivity contribution in [1.29, 1.82) is 0 Å². The minimum absolute atomic E-state index is 0.0595. The molecule has 0 spiro atoms. The van der Waals surface area contributed by atoms with E-state index in [4.69, 9.17) is 0 Å². The summed E-state index contributed by atoms with van der Waals surface area (Å²) in [5.74, 6) is 0.660.